The minimum atomic E-state index is -0.147. The smallest absolute Gasteiger partial charge is 0.225 e. The number of rotatable bonds is 6. The number of nitrogens with zero attached hydrogens (tertiary/aromatic N) is 2. The summed E-state index contributed by atoms with van der Waals surface area (Å²) in [4.78, 5) is 28.8. The van der Waals surface area contributed by atoms with Crippen LogP contribution in [-0.4, -0.2) is 73.6 Å². The largest absolute Gasteiger partial charge is 0.379 e. The molecule has 1 aliphatic carbocycles. The first kappa shape index (κ1) is 16.7. The highest BCUT2D eigenvalue weighted by Crippen LogP contribution is 2.29. The van der Waals surface area contributed by atoms with Crippen molar-refractivity contribution in [3.63, 3.8) is 0 Å². The van der Waals surface area contributed by atoms with E-state index in [-0.39, 0.29) is 17.7 Å². The van der Waals surface area contributed by atoms with Gasteiger partial charge in [0.05, 0.1) is 19.1 Å². The van der Waals surface area contributed by atoms with Gasteiger partial charge in [-0.2, -0.15) is 0 Å². The molecule has 3 fully saturated rings. The summed E-state index contributed by atoms with van der Waals surface area (Å²) in [5.74, 6) is 0.0812. The van der Waals surface area contributed by atoms with Crippen LogP contribution in [0.2, 0.25) is 0 Å². The highest BCUT2D eigenvalue weighted by Gasteiger charge is 2.38. The maximum Gasteiger partial charge on any atom is 0.225 e. The van der Waals surface area contributed by atoms with Gasteiger partial charge < -0.3 is 15.0 Å². The number of hydrogen-bond acceptors (Lipinski definition) is 4. The number of hydrogen-bond donors (Lipinski definition) is 1. The minimum Gasteiger partial charge on any atom is -0.379 e. The Morgan fingerprint density at radius 2 is 1.96 bits per heavy atom. The fourth-order valence-corrected chi connectivity index (χ4v) is 3.96. The fourth-order valence-electron chi connectivity index (χ4n) is 3.96. The molecule has 0 radical (unpaired) electrons. The van der Waals surface area contributed by atoms with Gasteiger partial charge in [0, 0.05) is 38.6 Å². The predicted octanol–water partition coefficient (Wildman–Crippen LogP) is 0.616. The van der Waals surface area contributed by atoms with Gasteiger partial charge in [-0.3, -0.25) is 14.5 Å². The average molecular weight is 323 g/mol. The summed E-state index contributed by atoms with van der Waals surface area (Å²) >= 11 is 0. The van der Waals surface area contributed by atoms with Gasteiger partial charge in [-0.1, -0.05) is 12.8 Å². The molecule has 23 heavy (non-hydrogen) atoms. The fraction of sp³-hybridized carbons (Fsp3) is 0.882. The van der Waals surface area contributed by atoms with Gasteiger partial charge in [0.1, 0.15) is 0 Å². The number of likely N-dealkylation sites (tertiary alicyclic amines) is 1. The molecule has 0 aromatic rings. The molecule has 0 aromatic heterocycles. The van der Waals surface area contributed by atoms with Crippen LogP contribution in [0.1, 0.15) is 38.5 Å². The van der Waals surface area contributed by atoms with E-state index in [1.807, 2.05) is 4.90 Å². The molecular formula is C17H29N3O3. The van der Waals surface area contributed by atoms with Crippen LogP contribution < -0.4 is 5.32 Å². The minimum absolute atomic E-state index is 0.0563. The molecule has 3 rings (SSSR count). The lowest BCUT2D eigenvalue weighted by atomic mass is 10.1. The van der Waals surface area contributed by atoms with Gasteiger partial charge in [0.2, 0.25) is 11.8 Å². The summed E-state index contributed by atoms with van der Waals surface area (Å²) in [5.41, 5.74) is 0. The Kier molecular flexibility index (Phi) is 5.89. The Hall–Kier alpha value is -1.14. The first-order valence-electron chi connectivity index (χ1n) is 9.11. The average Bonchev–Trinajstić information content (AvgIpc) is 3.21. The number of morpholine rings is 1. The second kappa shape index (κ2) is 8.11. The lowest BCUT2D eigenvalue weighted by molar-refractivity contribution is -0.130. The molecule has 3 aliphatic rings. The van der Waals surface area contributed by atoms with Crippen LogP contribution in [0.3, 0.4) is 0 Å². The van der Waals surface area contributed by atoms with Crippen molar-refractivity contribution in [1.29, 1.82) is 0 Å². The maximum absolute atomic E-state index is 12.3. The quantitative estimate of drug-likeness (QED) is 0.728. The van der Waals surface area contributed by atoms with Crippen LogP contribution in [-0.2, 0) is 14.3 Å². The van der Waals surface area contributed by atoms with Crippen molar-refractivity contribution in [3.8, 4) is 0 Å². The monoisotopic (exact) mass is 323 g/mol. The van der Waals surface area contributed by atoms with Gasteiger partial charge in [-0.25, -0.2) is 0 Å². The zero-order chi connectivity index (χ0) is 16.1. The molecule has 0 aromatic carbocycles. The van der Waals surface area contributed by atoms with Crippen molar-refractivity contribution < 1.29 is 14.3 Å². The van der Waals surface area contributed by atoms with E-state index in [0.29, 0.717) is 25.6 Å². The van der Waals surface area contributed by atoms with Gasteiger partial charge in [-0.15, -0.1) is 0 Å². The second-order valence-electron chi connectivity index (χ2n) is 6.98. The number of amides is 2. The van der Waals surface area contributed by atoms with E-state index in [4.69, 9.17) is 4.74 Å². The Morgan fingerprint density at radius 3 is 2.70 bits per heavy atom. The molecular weight excluding hydrogens is 294 g/mol. The number of ether oxygens (including phenoxy) is 1. The van der Waals surface area contributed by atoms with Gasteiger partial charge in [0.15, 0.2) is 0 Å². The third-order valence-electron chi connectivity index (χ3n) is 5.35. The van der Waals surface area contributed by atoms with E-state index >= 15 is 0 Å². The lowest BCUT2D eigenvalue weighted by Crippen LogP contribution is -2.39. The Bertz CT molecular complexity index is 417. The van der Waals surface area contributed by atoms with Crippen LogP contribution in [0.4, 0.5) is 0 Å². The molecule has 2 amide bonds. The second-order valence-corrected chi connectivity index (χ2v) is 6.98. The van der Waals surface area contributed by atoms with E-state index in [1.165, 1.54) is 12.8 Å². The zero-order valence-electron chi connectivity index (χ0n) is 14.0. The van der Waals surface area contributed by atoms with E-state index in [2.05, 4.69) is 10.2 Å². The molecule has 1 saturated carbocycles. The van der Waals surface area contributed by atoms with E-state index in [1.54, 1.807) is 0 Å². The molecule has 6 heteroatoms. The number of nitrogens with one attached hydrogen (secondary N) is 1. The number of carbonyl (C=O) groups is 2. The summed E-state index contributed by atoms with van der Waals surface area (Å²) in [5, 5.41) is 3.02. The maximum atomic E-state index is 12.3. The molecule has 1 N–H and O–H groups in total. The Morgan fingerprint density at radius 1 is 1.22 bits per heavy atom. The molecule has 1 unspecified atom stereocenters. The van der Waals surface area contributed by atoms with Gasteiger partial charge >= 0.3 is 0 Å². The van der Waals surface area contributed by atoms with Crippen LogP contribution >= 0.6 is 0 Å². The van der Waals surface area contributed by atoms with Crippen molar-refractivity contribution in [2.24, 2.45) is 5.92 Å². The highest BCUT2D eigenvalue weighted by atomic mass is 16.5. The van der Waals surface area contributed by atoms with Crippen molar-refractivity contribution >= 4 is 11.8 Å². The molecule has 2 saturated heterocycles. The van der Waals surface area contributed by atoms with E-state index in [0.717, 1.165) is 52.1 Å². The molecule has 130 valence electrons. The Labute approximate surface area is 138 Å². The number of carbonyl (C=O) groups excluding carboxylic acids is 2. The molecule has 0 bridgehead atoms. The third-order valence-corrected chi connectivity index (χ3v) is 5.35. The summed E-state index contributed by atoms with van der Waals surface area (Å²) in [6.45, 7) is 5.93. The summed E-state index contributed by atoms with van der Waals surface area (Å²) in [6, 6.07) is 0.390. The van der Waals surface area contributed by atoms with Crippen LogP contribution in [0.5, 0.6) is 0 Å². The SMILES string of the molecule is O=C(NCCCN1CCOCC1)C1CC(=O)N(C2CCCC2)C1. The molecule has 6 nitrogen and oxygen atoms in total. The molecule has 2 heterocycles. The van der Waals surface area contributed by atoms with Gasteiger partial charge in [-0.05, 0) is 25.8 Å². The van der Waals surface area contributed by atoms with Crippen LogP contribution in [0.15, 0.2) is 0 Å². The summed E-state index contributed by atoms with van der Waals surface area (Å²) in [7, 11) is 0. The first-order chi connectivity index (χ1) is 11.2. The van der Waals surface area contributed by atoms with Crippen molar-refractivity contribution in [2.75, 3.05) is 45.9 Å². The topological polar surface area (TPSA) is 61.9 Å². The Balaban J connectivity index is 1.34. The van der Waals surface area contributed by atoms with Crippen molar-refractivity contribution in [3.05, 3.63) is 0 Å². The highest BCUT2D eigenvalue weighted by molar-refractivity contribution is 5.89. The summed E-state index contributed by atoms with van der Waals surface area (Å²) in [6.07, 6.45) is 6.00. The van der Waals surface area contributed by atoms with Gasteiger partial charge in [0.25, 0.3) is 0 Å². The van der Waals surface area contributed by atoms with E-state index in [9.17, 15) is 9.59 Å². The predicted molar refractivity (Wildman–Crippen MR) is 87.0 cm³/mol. The van der Waals surface area contributed by atoms with Crippen LogP contribution in [0.25, 0.3) is 0 Å². The van der Waals surface area contributed by atoms with Crippen LogP contribution in [0, 0.1) is 5.92 Å². The molecule has 0 spiro atoms. The van der Waals surface area contributed by atoms with E-state index < -0.39 is 0 Å². The van der Waals surface area contributed by atoms with Crippen molar-refractivity contribution in [2.45, 2.75) is 44.6 Å². The normalized spacial score (nSPS) is 26.9. The summed E-state index contributed by atoms with van der Waals surface area (Å²) < 4.78 is 5.33. The standard InChI is InChI=1S/C17H29N3O3/c21-16-12-14(13-20(16)15-4-1-2-5-15)17(22)18-6-3-7-19-8-10-23-11-9-19/h14-15H,1-13H2,(H,18,22). The lowest BCUT2D eigenvalue weighted by Gasteiger charge is -2.26. The third kappa shape index (κ3) is 4.44. The van der Waals surface area contributed by atoms with Crippen molar-refractivity contribution in [1.82, 2.24) is 15.1 Å². The first-order valence-corrected chi connectivity index (χ1v) is 9.11. The molecule has 2 aliphatic heterocycles. The zero-order valence-corrected chi connectivity index (χ0v) is 14.0. The molecule has 1 atom stereocenters.